The largest absolute Gasteiger partial charge is 0.481 e. The quantitative estimate of drug-likeness (QED) is 0.552. The normalized spacial score (nSPS) is 12.9. The number of anilines is 1. The van der Waals surface area contributed by atoms with Crippen LogP contribution in [0, 0.1) is 6.92 Å². The second-order valence-corrected chi connectivity index (χ2v) is 6.10. The molecule has 2 unspecified atom stereocenters. The number of aldehydes is 1. The Balaban J connectivity index is 2.48. The number of carbonyl (C=O) groups excluding carboxylic acids is 1. The number of hydrogen-bond acceptors (Lipinski definition) is 4. The Morgan fingerprint density at radius 3 is 2.52 bits per heavy atom. The number of aryl methyl sites for hydroxylation is 1. The first-order valence-electron chi connectivity index (χ1n) is 7.33. The van der Waals surface area contributed by atoms with Gasteiger partial charge >= 0.3 is 5.97 Å². The van der Waals surface area contributed by atoms with E-state index in [9.17, 15) is 18.4 Å². The number of nitrogens with zero attached hydrogens (tertiary/aromatic N) is 1. The second kappa shape index (κ2) is 8.41. The average molecular weight is 363 g/mol. The van der Waals surface area contributed by atoms with Crippen LogP contribution < -0.4 is 9.04 Å². The number of aliphatic carboxylic acids is 1. The molecule has 0 fully saturated rings. The third-order valence-electron chi connectivity index (χ3n) is 3.33. The lowest BCUT2D eigenvalue weighted by Crippen LogP contribution is -2.39. The fraction of sp³-hybridized carbons (Fsp3) is 0.176. The zero-order valence-corrected chi connectivity index (χ0v) is 14.2. The van der Waals surface area contributed by atoms with Crippen LogP contribution in [-0.4, -0.2) is 32.2 Å². The molecule has 25 heavy (non-hydrogen) atoms. The Morgan fingerprint density at radius 2 is 1.96 bits per heavy atom. The Hall–Kier alpha value is -2.71. The van der Waals surface area contributed by atoms with Gasteiger partial charge in [0.2, 0.25) is 0 Å². The van der Waals surface area contributed by atoms with E-state index in [-0.39, 0.29) is 11.4 Å². The minimum absolute atomic E-state index is 0.147. The van der Waals surface area contributed by atoms with Gasteiger partial charge in [-0.2, -0.15) is 0 Å². The molecule has 0 heterocycles. The van der Waals surface area contributed by atoms with E-state index in [0.717, 1.165) is 9.87 Å². The molecule has 8 heteroatoms. The fourth-order valence-electron chi connectivity index (χ4n) is 2.24. The van der Waals surface area contributed by atoms with Crippen LogP contribution in [0.1, 0.15) is 12.0 Å². The smallest absolute Gasteiger partial charge is 0.305 e. The number of ether oxygens (including phenoxy) is 1. The van der Waals surface area contributed by atoms with Gasteiger partial charge in [-0.1, -0.05) is 24.3 Å². The summed E-state index contributed by atoms with van der Waals surface area (Å²) in [5.74, 6) is -0.519. The predicted molar refractivity (Wildman–Crippen MR) is 93.1 cm³/mol. The van der Waals surface area contributed by atoms with E-state index in [2.05, 4.69) is 0 Å². The van der Waals surface area contributed by atoms with Crippen molar-refractivity contribution in [3.63, 3.8) is 0 Å². The van der Waals surface area contributed by atoms with Crippen molar-refractivity contribution in [2.24, 2.45) is 0 Å². The maximum atomic E-state index is 11.8. The summed E-state index contributed by atoms with van der Waals surface area (Å²) in [7, 11) is 0. The molecular weight excluding hydrogens is 346 g/mol. The molecule has 7 nitrogen and oxygen atoms in total. The molecule has 0 radical (unpaired) electrons. The minimum atomic E-state index is -2.62. The van der Waals surface area contributed by atoms with Gasteiger partial charge in [-0.3, -0.25) is 13.7 Å². The van der Waals surface area contributed by atoms with Crippen molar-refractivity contribution in [2.75, 3.05) is 4.31 Å². The lowest BCUT2D eigenvalue weighted by molar-refractivity contribution is -0.138. The summed E-state index contributed by atoms with van der Waals surface area (Å²) in [5.41, 5.74) is 0.980. The van der Waals surface area contributed by atoms with Crippen LogP contribution in [0.3, 0.4) is 0 Å². The van der Waals surface area contributed by atoms with Gasteiger partial charge in [-0.15, -0.1) is 0 Å². The van der Waals surface area contributed by atoms with Crippen LogP contribution >= 0.6 is 0 Å². The van der Waals surface area contributed by atoms with Crippen LogP contribution in [0.2, 0.25) is 0 Å². The minimum Gasteiger partial charge on any atom is -0.481 e. The molecule has 0 saturated carbocycles. The van der Waals surface area contributed by atoms with E-state index in [1.54, 1.807) is 36.4 Å². The lowest BCUT2D eigenvalue weighted by atomic mass is 10.1. The van der Waals surface area contributed by atoms with E-state index in [0.29, 0.717) is 12.0 Å². The predicted octanol–water partition coefficient (Wildman–Crippen LogP) is 2.77. The van der Waals surface area contributed by atoms with Gasteiger partial charge in [0.05, 0.1) is 12.1 Å². The number of para-hydroxylation sites is 1. The summed E-state index contributed by atoms with van der Waals surface area (Å²) < 4.78 is 28.0. The Labute approximate surface area is 147 Å². The van der Waals surface area contributed by atoms with Crippen LogP contribution in [-0.2, 0) is 20.9 Å². The molecule has 2 N–H and O–H groups in total. The van der Waals surface area contributed by atoms with Crippen LogP contribution in [0.5, 0.6) is 11.5 Å². The zero-order chi connectivity index (χ0) is 18.4. The first-order valence-corrected chi connectivity index (χ1v) is 8.39. The number of carboxylic acid groups (broad SMARTS) is 1. The van der Waals surface area contributed by atoms with Gasteiger partial charge < -0.3 is 14.6 Å². The van der Waals surface area contributed by atoms with Crippen molar-refractivity contribution in [1.29, 1.82) is 0 Å². The fourth-order valence-corrected chi connectivity index (χ4v) is 2.92. The van der Waals surface area contributed by atoms with Crippen molar-refractivity contribution < 1.29 is 28.2 Å². The zero-order valence-electron chi connectivity index (χ0n) is 13.4. The van der Waals surface area contributed by atoms with Crippen LogP contribution in [0.15, 0.2) is 48.5 Å². The monoisotopic (exact) mass is 363 g/mol. The molecule has 0 spiro atoms. The number of benzene rings is 2. The van der Waals surface area contributed by atoms with Gasteiger partial charge in [0.15, 0.2) is 5.75 Å². The van der Waals surface area contributed by atoms with Crippen LogP contribution in [0.25, 0.3) is 0 Å². The first kappa shape index (κ1) is 18.6. The summed E-state index contributed by atoms with van der Waals surface area (Å²) in [6.45, 7) is 1.82. The van der Waals surface area contributed by atoms with E-state index in [4.69, 9.17) is 9.84 Å². The highest BCUT2D eigenvalue weighted by Gasteiger charge is 2.28. The molecule has 0 aliphatic carbocycles. The molecule has 2 rings (SSSR count). The third kappa shape index (κ3) is 4.88. The Kier molecular flexibility index (Phi) is 6.26. The van der Waals surface area contributed by atoms with Gasteiger partial charge in [0.1, 0.15) is 18.1 Å². The highest BCUT2D eigenvalue weighted by Crippen LogP contribution is 2.35. The number of carboxylic acids is 1. The number of hydrogen-bond donors (Lipinski definition) is 2. The summed E-state index contributed by atoms with van der Waals surface area (Å²) in [6.07, 6.45) is -0.289. The topological polar surface area (TPSA) is 104 Å². The molecule has 2 atom stereocenters. The Bertz CT molecular complexity index is 780. The molecule has 0 saturated heterocycles. The van der Waals surface area contributed by atoms with E-state index in [1.165, 1.54) is 6.07 Å². The van der Waals surface area contributed by atoms with Gasteiger partial charge in [-0.25, -0.2) is 4.21 Å². The van der Waals surface area contributed by atoms with Gasteiger partial charge in [0.25, 0.3) is 11.3 Å². The van der Waals surface area contributed by atoms with Crippen LogP contribution in [0.4, 0.5) is 5.69 Å². The number of carbonyl (C=O) groups is 2. The van der Waals surface area contributed by atoms with E-state index in [1.807, 2.05) is 13.0 Å². The molecule has 0 aliphatic heterocycles. The van der Waals surface area contributed by atoms with E-state index < -0.39 is 29.7 Å². The maximum Gasteiger partial charge on any atom is 0.305 e. The standard InChI is InChI=1S/C17H17NO6S/c1-12-7-8-15(16(9-12)24-14-5-3-2-4-6-14)18(25(22)23)13(11-19)10-17(20)21/h2-9,11,13H,10H2,1H3,(H,20,21)(H,22,23). The number of rotatable bonds is 8. The average Bonchev–Trinajstić information content (AvgIpc) is 2.56. The lowest BCUT2D eigenvalue weighted by Gasteiger charge is -2.27. The third-order valence-corrected chi connectivity index (χ3v) is 4.14. The summed E-state index contributed by atoms with van der Waals surface area (Å²) in [6, 6.07) is 12.3. The molecule has 2 aromatic rings. The van der Waals surface area contributed by atoms with Crippen molar-refractivity contribution in [1.82, 2.24) is 0 Å². The van der Waals surface area contributed by atoms with Crippen molar-refractivity contribution in [3.8, 4) is 11.5 Å². The molecule has 0 aromatic heterocycles. The maximum absolute atomic E-state index is 11.8. The molecular formula is C17H17NO6S. The molecule has 132 valence electrons. The highest BCUT2D eigenvalue weighted by atomic mass is 32.2. The highest BCUT2D eigenvalue weighted by molar-refractivity contribution is 7.80. The summed E-state index contributed by atoms with van der Waals surface area (Å²) in [4.78, 5) is 22.3. The summed E-state index contributed by atoms with van der Waals surface area (Å²) >= 11 is -2.62. The van der Waals surface area contributed by atoms with Crippen molar-refractivity contribution >= 4 is 29.2 Å². The summed E-state index contributed by atoms with van der Waals surface area (Å²) in [5, 5.41) is 8.94. The molecule has 0 aliphatic rings. The van der Waals surface area contributed by atoms with Crippen molar-refractivity contribution in [3.05, 3.63) is 54.1 Å². The Morgan fingerprint density at radius 1 is 1.28 bits per heavy atom. The molecule has 0 amide bonds. The second-order valence-electron chi connectivity index (χ2n) is 5.24. The van der Waals surface area contributed by atoms with Crippen molar-refractivity contribution in [2.45, 2.75) is 19.4 Å². The van der Waals surface area contributed by atoms with Gasteiger partial charge in [-0.05, 0) is 36.8 Å². The molecule has 0 bridgehead atoms. The SMILES string of the molecule is Cc1ccc(N(C(C=O)CC(=O)O)S(=O)O)c(Oc2ccccc2)c1. The van der Waals surface area contributed by atoms with Gasteiger partial charge in [0, 0.05) is 0 Å². The van der Waals surface area contributed by atoms with E-state index >= 15 is 0 Å². The first-order chi connectivity index (χ1) is 11.9. The molecule has 2 aromatic carbocycles.